The van der Waals surface area contributed by atoms with Crippen molar-refractivity contribution in [1.82, 2.24) is 15.7 Å². The van der Waals surface area contributed by atoms with Gasteiger partial charge in [0.1, 0.15) is 6.04 Å². The minimum absolute atomic E-state index is 0.0162. The number of aliphatic hydroxyl groups is 1. The highest BCUT2D eigenvalue weighted by Crippen LogP contribution is 2.06. The van der Waals surface area contributed by atoms with Crippen LogP contribution < -0.4 is 10.8 Å². The number of benzene rings is 1. The number of nitrogens with one attached hydrogen (secondary N) is 2. The number of hydrogen-bond acceptors (Lipinski definition) is 5. The molecule has 0 saturated heterocycles. The van der Waals surface area contributed by atoms with E-state index in [2.05, 4.69) is 5.32 Å². The van der Waals surface area contributed by atoms with Gasteiger partial charge in [0, 0.05) is 13.0 Å². The number of aliphatic carboxylic acids is 1. The van der Waals surface area contributed by atoms with Gasteiger partial charge in [-0.2, -0.15) is 0 Å². The summed E-state index contributed by atoms with van der Waals surface area (Å²) in [4.78, 5) is 36.4. The van der Waals surface area contributed by atoms with E-state index in [0.29, 0.717) is 0 Å². The number of aliphatic hydroxyl groups excluding tert-OH is 1. The zero-order valence-electron chi connectivity index (χ0n) is 14.8. The molecule has 0 aliphatic carbocycles. The fourth-order valence-electron chi connectivity index (χ4n) is 2.34. The summed E-state index contributed by atoms with van der Waals surface area (Å²) < 4.78 is 0. The normalized spacial score (nSPS) is 13.0. The molecule has 144 valence electrons. The topological polar surface area (TPSA) is 139 Å². The molecule has 1 aromatic carbocycles. The van der Waals surface area contributed by atoms with Crippen LogP contribution in [-0.2, 0) is 16.0 Å². The molecule has 0 radical (unpaired) electrons. The van der Waals surface area contributed by atoms with Crippen molar-refractivity contribution in [3.05, 3.63) is 35.9 Å². The molecule has 1 rings (SSSR count). The molecule has 1 unspecified atom stereocenters. The number of carbonyl (C=O) groups excluding carboxylic acids is 2. The largest absolute Gasteiger partial charge is 0.480 e. The van der Waals surface area contributed by atoms with Crippen LogP contribution in [0.4, 0.5) is 4.79 Å². The van der Waals surface area contributed by atoms with Gasteiger partial charge in [-0.3, -0.25) is 10.0 Å². The van der Waals surface area contributed by atoms with Gasteiger partial charge >= 0.3 is 12.0 Å². The third-order valence-corrected chi connectivity index (χ3v) is 3.56. The second-order valence-electron chi connectivity index (χ2n) is 6.32. The first-order valence-electron chi connectivity index (χ1n) is 8.18. The van der Waals surface area contributed by atoms with Crippen LogP contribution in [0, 0.1) is 5.92 Å². The molecule has 0 aliphatic heterocycles. The van der Waals surface area contributed by atoms with Gasteiger partial charge in [0.25, 0.3) is 5.91 Å². The Kier molecular flexibility index (Phi) is 8.53. The molecular weight excluding hydrogens is 342 g/mol. The van der Waals surface area contributed by atoms with Gasteiger partial charge in [-0.15, -0.1) is 0 Å². The summed E-state index contributed by atoms with van der Waals surface area (Å²) in [5.41, 5.74) is 2.06. The Bertz CT molecular complexity index is 608. The van der Waals surface area contributed by atoms with Crippen molar-refractivity contribution in [2.24, 2.45) is 5.92 Å². The van der Waals surface area contributed by atoms with E-state index >= 15 is 0 Å². The number of carboxylic acid groups (broad SMARTS) is 1. The quantitative estimate of drug-likeness (QED) is 0.312. The number of hydrogen-bond donors (Lipinski definition) is 5. The standard InChI is InChI=1S/C17H25N3O6/c1-11(2)9-20(10-14(21)15(22)19-26)17(25)18-13(16(23)24)8-12-6-4-3-5-7-12/h3-7,11,13-14,21,26H,8-10H2,1-2H3,(H,18,25)(H,19,22)(H,23,24)/t13-,14?/m0/s1. The molecule has 0 saturated carbocycles. The Morgan fingerprint density at radius 2 is 1.73 bits per heavy atom. The minimum atomic E-state index is -1.64. The highest BCUT2D eigenvalue weighted by molar-refractivity contribution is 5.84. The molecule has 0 bridgehead atoms. The minimum Gasteiger partial charge on any atom is -0.480 e. The zero-order chi connectivity index (χ0) is 19.7. The third-order valence-electron chi connectivity index (χ3n) is 3.56. The average molecular weight is 367 g/mol. The van der Waals surface area contributed by atoms with Gasteiger partial charge in [0.05, 0.1) is 6.54 Å². The van der Waals surface area contributed by atoms with Crippen molar-refractivity contribution in [3.63, 3.8) is 0 Å². The lowest BCUT2D eigenvalue weighted by Crippen LogP contribution is -2.53. The van der Waals surface area contributed by atoms with Crippen LogP contribution in [0.15, 0.2) is 30.3 Å². The molecule has 0 heterocycles. The van der Waals surface area contributed by atoms with Crippen molar-refractivity contribution < 1.29 is 29.8 Å². The smallest absolute Gasteiger partial charge is 0.326 e. The van der Waals surface area contributed by atoms with E-state index in [4.69, 9.17) is 5.21 Å². The van der Waals surface area contributed by atoms with E-state index in [1.807, 2.05) is 13.8 Å². The Morgan fingerprint density at radius 1 is 1.12 bits per heavy atom. The summed E-state index contributed by atoms with van der Waals surface area (Å²) in [7, 11) is 0. The molecule has 0 spiro atoms. The van der Waals surface area contributed by atoms with Gasteiger partial charge in [-0.25, -0.2) is 15.1 Å². The summed E-state index contributed by atoms with van der Waals surface area (Å²) in [6, 6.07) is 6.97. The number of hydroxylamine groups is 1. The molecule has 3 amide bonds. The molecule has 0 aliphatic rings. The lowest BCUT2D eigenvalue weighted by atomic mass is 10.1. The number of carbonyl (C=O) groups is 3. The average Bonchev–Trinajstić information content (AvgIpc) is 2.60. The number of carboxylic acids is 1. The number of amides is 3. The van der Waals surface area contributed by atoms with E-state index in [9.17, 15) is 24.6 Å². The van der Waals surface area contributed by atoms with Crippen LogP contribution in [0.1, 0.15) is 19.4 Å². The van der Waals surface area contributed by atoms with Gasteiger partial charge in [-0.1, -0.05) is 44.2 Å². The highest BCUT2D eigenvalue weighted by Gasteiger charge is 2.27. The van der Waals surface area contributed by atoms with Crippen LogP contribution in [0.3, 0.4) is 0 Å². The monoisotopic (exact) mass is 367 g/mol. The van der Waals surface area contributed by atoms with Gasteiger partial charge in [0.2, 0.25) is 0 Å². The Labute approximate surface area is 151 Å². The first-order valence-corrected chi connectivity index (χ1v) is 8.18. The van der Waals surface area contributed by atoms with E-state index < -0.39 is 30.1 Å². The second-order valence-corrected chi connectivity index (χ2v) is 6.32. The molecule has 0 fully saturated rings. The van der Waals surface area contributed by atoms with Crippen molar-refractivity contribution in [2.75, 3.05) is 13.1 Å². The Hall–Kier alpha value is -2.65. The molecule has 0 aromatic heterocycles. The first-order chi connectivity index (χ1) is 12.2. The van der Waals surface area contributed by atoms with Crippen LogP contribution >= 0.6 is 0 Å². The zero-order valence-corrected chi connectivity index (χ0v) is 14.8. The fraction of sp³-hybridized carbons (Fsp3) is 0.471. The van der Waals surface area contributed by atoms with Crippen molar-refractivity contribution in [3.8, 4) is 0 Å². The molecule has 26 heavy (non-hydrogen) atoms. The summed E-state index contributed by atoms with van der Waals surface area (Å²) in [5.74, 6) is -2.23. The van der Waals surface area contributed by atoms with Crippen LogP contribution in [0.5, 0.6) is 0 Å². The third kappa shape index (κ3) is 7.08. The predicted octanol–water partition coefficient (Wildman–Crippen LogP) is 0.216. The van der Waals surface area contributed by atoms with Gasteiger partial charge in [0.15, 0.2) is 6.10 Å². The molecule has 9 heteroatoms. The molecule has 1 aromatic rings. The van der Waals surface area contributed by atoms with Gasteiger partial charge < -0.3 is 20.4 Å². The molecule has 9 nitrogen and oxygen atoms in total. The lowest BCUT2D eigenvalue weighted by molar-refractivity contribution is -0.140. The van der Waals surface area contributed by atoms with Crippen molar-refractivity contribution >= 4 is 17.9 Å². The van der Waals surface area contributed by atoms with E-state index in [-0.39, 0.29) is 25.4 Å². The van der Waals surface area contributed by atoms with Crippen molar-refractivity contribution in [1.29, 1.82) is 0 Å². The van der Waals surface area contributed by atoms with E-state index in [1.54, 1.807) is 30.3 Å². The lowest BCUT2D eigenvalue weighted by Gasteiger charge is -2.28. The number of rotatable bonds is 9. The molecule has 2 atom stereocenters. The fourth-order valence-corrected chi connectivity index (χ4v) is 2.34. The van der Waals surface area contributed by atoms with Crippen LogP contribution in [0.2, 0.25) is 0 Å². The SMILES string of the molecule is CC(C)CN(CC(O)C(=O)NO)C(=O)N[C@@H](Cc1ccccc1)C(=O)O. The maximum atomic E-state index is 12.5. The van der Waals surface area contributed by atoms with E-state index in [1.165, 1.54) is 5.48 Å². The van der Waals surface area contributed by atoms with Gasteiger partial charge in [-0.05, 0) is 11.5 Å². The highest BCUT2D eigenvalue weighted by atomic mass is 16.5. The molecular formula is C17H25N3O6. The predicted molar refractivity (Wildman–Crippen MR) is 92.4 cm³/mol. The van der Waals surface area contributed by atoms with E-state index in [0.717, 1.165) is 10.5 Å². The summed E-state index contributed by atoms with van der Waals surface area (Å²) >= 11 is 0. The maximum absolute atomic E-state index is 12.5. The molecule has 5 N–H and O–H groups in total. The number of nitrogens with zero attached hydrogens (tertiary/aromatic N) is 1. The van der Waals surface area contributed by atoms with Crippen LogP contribution in [0.25, 0.3) is 0 Å². The second kappa shape index (κ2) is 10.4. The Morgan fingerprint density at radius 3 is 2.23 bits per heavy atom. The first kappa shape index (κ1) is 21.4. The maximum Gasteiger partial charge on any atom is 0.326 e. The number of urea groups is 1. The van der Waals surface area contributed by atoms with Crippen LogP contribution in [-0.4, -0.2) is 63.5 Å². The Balaban J connectivity index is 2.83. The summed E-state index contributed by atoms with van der Waals surface area (Å²) in [6.07, 6.45) is -1.54. The summed E-state index contributed by atoms with van der Waals surface area (Å²) in [5, 5.41) is 30.1. The summed E-state index contributed by atoms with van der Waals surface area (Å²) in [6.45, 7) is 3.47. The van der Waals surface area contributed by atoms with Crippen molar-refractivity contribution in [2.45, 2.75) is 32.4 Å².